The van der Waals surface area contributed by atoms with Gasteiger partial charge in [0.05, 0.1) is 11.0 Å². The van der Waals surface area contributed by atoms with E-state index in [9.17, 15) is 14.7 Å². The minimum Gasteiger partial charge on any atom is -0.508 e. The van der Waals surface area contributed by atoms with Crippen molar-refractivity contribution in [1.29, 1.82) is 0 Å². The molecule has 2 heterocycles. The molecule has 1 unspecified atom stereocenters. The molecule has 1 aromatic heterocycles. The Morgan fingerprint density at radius 2 is 1.97 bits per heavy atom. The number of benzene rings is 2. The SMILES string of the molecule is Cn1c(=O)[nH]c2cc(C(=O)N3CC[C@@]4(C)c5cccc(O)c5CC3C4(C)C)ccc21. The zero-order valence-corrected chi connectivity index (χ0v) is 17.8. The molecule has 2 aliphatic rings. The number of amides is 1. The van der Waals surface area contributed by atoms with E-state index in [2.05, 4.69) is 31.8 Å². The predicted octanol–water partition coefficient (Wildman–Crippen LogP) is 3.33. The van der Waals surface area contributed by atoms with Crippen LogP contribution in [0.25, 0.3) is 11.0 Å². The van der Waals surface area contributed by atoms with Crippen LogP contribution in [-0.4, -0.2) is 38.1 Å². The summed E-state index contributed by atoms with van der Waals surface area (Å²) in [6.45, 7) is 7.41. The fraction of sp³-hybridized carbons (Fsp3) is 0.417. The maximum absolute atomic E-state index is 13.6. The van der Waals surface area contributed by atoms with Crippen molar-refractivity contribution in [2.24, 2.45) is 12.5 Å². The Morgan fingerprint density at radius 1 is 1.20 bits per heavy atom. The number of phenols is 1. The number of carbonyl (C=O) groups excluding carboxylic acids is 1. The van der Waals surface area contributed by atoms with Gasteiger partial charge in [-0.05, 0) is 53.6 Å². The number of aromatic amines is 1. The van der Waals surface area contributed by atoms with Crippen LogP contribution in [0.1, 0.15) is 48.7 Å². The van der Waals surface area contributed by atoms with Crippen LogP contribution in [0.15, 0.2) is 41.2 Å². The summed E-state index contributed by atoms with van der Waals surface area (Å²) < 4.78 is 1.54. The number of likely N-dealkylation sites (tertiary alicyclic amines) is 1. The summed E-state index contributed by atoms with van der Waals surface area (Å²) in [6, 6.07) is 11.2. The second kappa shape index (κ2) is 6.00. The summed E-state index contributed by atoms with van der Waals surface area (Å²) in [5.41, 5.74) is 3.74. The Hall–Kier alpha value is -3.02. The number of piperidine rings is 1. The number of nitrogens with one attached hydrogen (secondary N) is 1. The average molecular weight is 405 g/mol. The highest BCUT2D eigenvalue weighted by Crippen LogP contribution is 2.57. The highest BCUT2D eigenvalue weighted by atomic mass is 16.3. The topological polar surface area (TPSA) is 78.3 Å². The minimum absolute atomic E-state index is 0.0185. The molecule has 2 aromatic carbocycles. The Morgan fingerprint density at radius 3 is 2.73 bits per heavy atom. The monoisotopic (exact) mass is 405 g/mol. The van der Waals surface area contributed by atoms with Gasteiger partial charge >= 0.3 is 5.69 Å². The molecule has 0 spiro atoms. The van der Waals surface area contributed by atoms with Gasteiger partial charge in [0.2, 0.25) is 0 Å². The molecule has 30 heavy (non-hydrogen) atoms. The standard InChI is InChI=1S/C24H27N3O3/c1-23(2)20-13-15-16(6-5-7-19(15)28)24(23,3)10-11-27(20)21(29)14-8-9-18-17(12-14)25-22(30)26(18)4/h5-9,12,20,28H,10-11,13H2,1-4H3,(H,25,30)/t20?,24-/m0/s1. The van der Waals surface area contributed by atoms with Crippen molar-refractivity contribution in [2.75, 3.05) is 6.54 Å². The van der Waals surface area contributed by atoms with Crippen molar-refractivity contribution in [3.63, 3.8) is 0 Å². The molecule has 1 aliphatic heterocycles. The number of H-pyrrole nitrogens is 1. The van der Waals surface area contributed by atoms with Crippen molar-refractivity contribution < 1.29 is 9.90 Å². The second-order valence-corrected chi connectivity index (χ2v) is 9.55. The first-order chi connectivity index (χ1) is 14.1. The van der Waals surface area contributed by atoms with E-state index in [1.54, 1.807) is 29.8 Å². The summed E-state index contributed by atoms with van der Waals surface area (Å²) in [4.78, 5) is 30.3. The second-order valence-electron chi connectivity index (χ2n) is 9.55. The van der Waals surface area contributed by atoms with Crippen LogP contribution >= 0.6 is 0 Å². The number of hydrogen-bond acceptors (Lipinski definition) is 3. The van der Waals surface area contributed by atoms with Gasteiger partial charge in [0.1, 0.15) is 5.75 Å². The van der Waals surface area contributed by atoms with Gasteiger partial charge < -0.3 is 15.0 Å². The van der Waals surface area contributed by atoms with Crippen molar-refractivity contribution >= 4 is 16.9 Å². The van der Waals surface area contributed by atoms with Gasteiger partial charge in [0.25, 0.3) is 5.91 Å². The molecule has 1 amide bonds. The minimum atomic E-state index is -0.191. The Kier molecular flexibility index (Phi) is 3.79. The molecule has 5 rings (SSSR count). The van der Waals surface area contributed by atoms with Crippen LogP contribution in [0.3, 0.4) is 0 Å². The molecule has 6 nitrogen and oxygen atoms in total. The highest BCUT2D eigenvalue weighted by molar-refractivity contribution is 5.97. The molecule has 2 atom stereocenters. The number of phenolic OH excluding ortho intramolecular Hbond substituents is 1. The van der Waals surface area contributed by atoms with E-state index in [4.69, 9.17) is 0 Å². The quantitative estimate of drug-likeness (QED) is 0.652. The third kappa shape index (κ3) is 2.30. The Balaban J connectivity index is 1.58. The maximum Gasteiger partial charge on any atom is 0.326 e. The number of nitrogens with zero attached hydrogens (tertiary/aromatic N) is 2. The first kappa shape index (κ1) is 19.0. The maximum atomic E-state index is 13.6. The highest BCUT2D eigenvalue weighted by Gasteiger charge is 2.57. The molecule has 2 bridgehead atoms. The fourth-order valence-electron chi connectivity index (χ4n) is 5.71. The van der Waals surface area contributed by atoms with Gasteiger partial charge in [-0.3, -0.25) is 9.36 Å². The van der Waals surface area contributed by atoms with Crippen LogP contribution < -0.4 is 5.69 Å². The van der Waals surface area contributed by atoms with Crippen LogP contribution in [-0.2, 0) is 18.9 Å². The Bertz CT molecular complexity index is 1250. The normalized spacial score (nSPS) is 24.7. The van der Waals surface area contributed by atoms with E-state index < -0.39 is 0 Å². The molecule has 0 radical (unpaired) electrons. The molecule has 1 saturated heterocycles. The number of aryl methyl sites for hydroxylation is 1. The molecular formula is C24H27N3O3. The van der Waals surface area contributed by atoms with Crippen LogP contribution in [0.4, 0.5) is 0 Å². The number of carbonyl (C=O) groups is 1. The first-order valence-corrected chi connectivity index (χ1v) is 10.5. The van der Waals surface area contributed by atoms with E-state index in [-0.39, 0.29) is 28.5 Å². The van der Waals surface area contributed by atoms with Crippen molar-refractivity contribution in [3.05, 3.63) is 63.6 Å². The molecule has 6 heteroatoms. The summed E-state index contributed by atoms with van der Waals surface area (Å²) in [5.74, 6) is 0.289. The van der Waals surface area contributed by atoms with E-state index in [0.29, 0.717) is 29.8 Å². The predicted molar refractivity (Wildman–Crippen MR) is 116 cm³/mol. The van der Waals surface area contributed by atoms with E-state index in [1.165, 1.54) is 5.56 Å². The van der Waals surface area contributed by atoms with E-state index >= 15 is 0 Å². The molecule has 1 aliphatic carbocycles. The fourth-order valence-corrected chi connectivity index (χ4v) is 5.71. The zero-order valence-electron chi connectivity index (χ0n) is 17.8. The summed E-state index contributed by atoms with van der Waals surface area (Å²) in [7, 11) is 1.71. The number of aromatic hydroxyl groups is 1. The summed E-state index contributed by atoms with van der Waals surface area (Å²) in [5, 5.41) is 10.5. The van der Waals surface area contributed by atoms with Gasteiger partial charge in [-0.2, -0.15) is 0 Å². The molecule has 3 aromatic rings. The number of fused-ring (bicyclic) bond motifs is 5. The van der Waals surface area contributed by atoms with Gasteiger partial charge in [-0.15, -0.1) is 0 Å². The summed E-state index contributed by atoms with van der Waals surface area (Å²) >= 11 is 0. The van der Waals surface area contributed by atoms with Crippen molar-refractivity contribution in [1.82, 2.24) is 14.5 Å². The van der Waals surface area contributed by atoms with Gasteiger partial charge in [0.15, 0.2) is 0 Å². The van der Waals surface area contributed by atoms with Gasteiger partial charge in [-0.25, -0.2) is 4.79 Å². The lowest BCUT2D eigenvalue weighted by Gasteiger charge is -2.60. The molecular weight excluding hydrogens is 378 g/mol. The summed E-state index contributed by atoms with van der Waals surface area (Å²) in [6.07, 6.45) is 1.48. The number of aromatic nitrogens is 2. The number of rotatable bonds is 1. The third-order valence-corrected chi connectivity index (χ3v) is 8.04. The molecule has 1 fully saturated rings. The van der Waals surface area contributed by atoms with Crippen LogP contribution in [0, 0.1) is 5.41 Å². The van der Waals surface area contributed by atoms with Gasteiger partial charge in [0, 0.05) is 30.6 Å². The number of imidazole rings is 1. The third-order valence-electron chi connectivity index (χ3n) is 8.04. The lowest BCUT2D eigenvalue weighted by Crippen LogP contribution is -2.64. The van der Waals surface area contributed by atoms with Crippen LogP contribution in [0.5, 0.6) is 5.75 Å². The van der Waals surface area contributed by atoms with Crippen molar-refractivity contribution in [3.8, 4) is 5.75 Å². The number of hydrogen-bond donors (Lipinski definition) is 2. The molecule has 2 N–H and O–H groups in total. The Labute approximate surface area is 175 Å². The smallest absolute Gasteiger partial charge is 0.326 e. The lowest BCUT2D eigenvalue weighted by molar-refractivity contribution is -0.0266. The molecule has 156 valence electrons. The average Bonchev–Trinajstić information content (AvgIpc) is 2.98. The van der Waals surface area contributed by atoms with Gasteiger partial charge in [-0.1, -0.05) is 32.9 Å². The largest absolute Gasteiger partial charge is 0.508 e. The van der Waals surface area contributed by atoms with Crippen LogP contribution in [0.2, 0.25) is 0 Å². The molecule has 0 saturated carbocycles. The zero-order chi connectivity index (χ0) is 21.4. The van der Waals surface area contributed by atoms with Crippen molar-refractivity contribution in [2.45, 2.75) is 45.1 Å². The van der Waals surface area contributed by atoms with E-state index in [1.807, 2.05) is 17.0 Å². The van der Waals surface area contributed by atoms with E-state index in [0.717, 1.165) is 17.5 Å². The lowest BCUT2D eigenvalue weighted by atomic mass is 9.51. The first-order valence-electron chi connectivity index (χ1n) is 10.5.